The lowest BCUT2D eigenvalue weighted by molar-refractivity contribution is -0.137. The third kappa shape index (κ3) is 20.1. The van der Waals surface area contributed by atoms with Crippen molar-refractivity contribution in [1.82, 2.24) is 0 Å². The first-order valence-electron chi connectivity index (χ1n) is 9.40. The molecule has 0 aliphatic carbocycles. The van der Waals surface area contributed by atoms with Crippen LogP contribution in [0.2, 0.25) is 0 Å². The monoisotopic (exact) mass is 362 g/mol. The minimum atomic E-state index is -0.718. The van der Waals surface area contributed by atoms with Gasteiger partial charge in [-0.25, -0.2) is 0 Å². The Balaban J connectivity index is 3.65. The summed E-state index contributed by atoms with van der Waals surface area (Å²) in [6.45, 7) is 1.71. The smallest absolute Gasteiger partial charge is 0.303 e. The van der Waals surface area contributed by atoms with Gasteiger partial charge in [-0.2, -0.15) is 0 Å². The highest BCUT2D eigenvalue weighted by Gasteiger charge is 1.95. The summed E-state index contributed by atoms with van der Waals surface area (Å²) >= 11 is 0. The van der Waals surface area contributed by atoms with E-state index in [-0.39, 0.29) is 6.42 Å². The molecule has 146 valence electrons. The van der Waals surface area contributed by atoms with Crippen molar-refractivity contribution in [3.63, 3.8) is 0 Å². The molecule has 0 aliphatic rings. The van der Waals surface area contributed by atoms with Crippen LogP contribution < -0.4 is 0 Å². The van der Waals surface area contributed by atoms with Gasteiger partial charge in [0.1, 0.15) is 0 Å². The Morgan fingerprint density at radius 3 is 2.31 bits per heavy atom. The molecule has 0 saturated heterocycles. The lowest BCUT2D eigenvalue weighted by atomic mass is 10.1. The Bertz CT molecular complexity index is 484. The summed E-state index contributed by atoms with van der Waals surface area (Å²) in [4.78, 5) is 10.4. The first-order valence-corrected chi connectivity index (χ1v) is 9.40. The van der Waals surface area contributed by atoms with Gasteiger partial charge in [0, 0.05) is 6.42 Å². The zero-order valence-electron chi connectivity index (χ0n) is 15.8. The lowest BCUT2D eigenvalue weighted by Gasteiger charge is -1.98. The van der Waals surface area contributed by atoms with Crippen molar-refractivity contribution in [3.05, 3.63) is 60.8 Å². The van der Waals surface area contributed by atoms with Gasteiger partial charge in [0.2, 0.25) is 0 Å². The number of hydrogen-bond donors (Lipinski definition) is 3. The molecule has 26 heavy (non-hydrogen) atoms. The van der Waals surface area contributed by atoms with E-state index in [1.165, 1.54) is 0 Å². The summed E-state index contributed by atoms with van der Waals surface area (Å²) in [5.41, 5.74) is 0. The third-order valence-corrected chi connectivity index (χ3v) is 3.51. The third-order valence-electron chi connectivity index (χ3n) is 3.51. The fourth-order valence-corrected chi connectivity index (χ4v) is 2.12. The van der Waals surface area contributed by atoms with E-state index in [9.17, 15) is 9.90 Å². The summed E-state index contributed by atoms with van der Waals surface area (Å²) in [5, 5.41) is 27.4. The largest absolute Gasteiger partial charge is 0.481 e. The van der Waals surface area contributed by atoms with Crippen LogP contribution >= 0.6 is 0 Å². The van der Waals surface area contributed by atoms with Crippen LogP contribution in [0.5, 0.6) is 0 Å². The molecule has 2 unspecified atom stereocenters. The van der Waals surface area contributed by atoms with Crippen LogP contribution in [0.25, 0.3) is 0 Å². The molecular formula is C22H34O4. The standard InChI is InChI=1S/C22H34O4/c1-20(23)16-12-10-11-14-18-21(24)17-13-8-6-4-2-3-5-7-9-15-19-22(25)26/h2-3,6,8,11-14,16-17,20-21,23-24H,4-5,7,9-10,15,18-19H2,1H3,(H,25,26). The van der Waals surface area contributed by atoms with Crippen molar-refractivity contribution in [2.75, 3.05) is 0 Å². The molecule has 0 aliphatic heterocycles. The molecule has 0 fully saturated rings. The first-order chi connectivity index (χ1) is 12.5. The number of rotatable bonds is 15. The molecule has 0 heterocycles. The maximum atomic E-state index is 10.4. The first kappa shape index (κ1) is 24.1. The van der Waals surface area contributed by atoms with E-state index in [1.54, 1.807) is 19.1 Å². The van der Waals surface area contributed by atoms with Gasteiger partial charge < -0.3 is 15.3 Å². The van der Waals surface area contributed by atoms with Crippen LogP contribution in [0.1, 0.15) is 58.3 Å². The Morgan fingerprint density at radius 1 is 0.846 bits per heavy atom. The molecule has 0 amide bonds. The van der Waals surface area contributed by atoms with Crippen LogP contribution in [0, 0.1) is 0 Å². The molecule has 0 rings (SSSR count). The van der Waals surface area contributed by atoms with Crippen LogP contribution in [-0.4, -0.2) is 33.5 Å². The number of carboxylic acid groups (broad SMARTS) is 1. The van der Waals surface area contributed by atoms with Crippen molar-refractivity contribution < 1.29 is 20.1 Å². The predicted octanol–water partition coefficient (Wildman–Crippen LogP) is 4.71. The van der Waals surface area contributed by atoms with E-state index in [4.69, 9.17) is 10.2 Å². The summed E-state index contributed by atoms with van der Waals surface area (Å²) < 4.78 is 0. The Labute approximate surface area is 157 Å². The highest BCUT2D eigenvalue weighted by Crippen LogP contribution is 2.04. The SMILES string of the molecule is CC(O)C=CCC=CCC(O)C=CC=CCC=CCCCCCC(=O)O. The molecule has 3 N–H and O–H groups in total. The number of carboxylic acids is 1. The quantitative estimate of drug-likeness (QED) is 0.224. The predicted molar refractivity (Wildman–Crippen MR) is 108 cm³/mol. The molecule has 0 bridgehead atoms. The van der Waals surface area contributed by atoms with Gasteiger partial charge in [-0.15, -0.1) is 0 Å². The molecule has 0 aromatic carbocycles. The van der Waals surface area contributed by atoms with Crippen LogP contribution in [0.3, 0.4) is 0 Å². The van der Waals surface area contributed by atoms with Crippen molar-refractivity contribution in [2.24, 2.45) is 0 Å². The highest BCUT2D eigenvalue weighted by molar-refractivity contribution is 5.66. The van der Waals surface area contributed by atoms with Gasteiger partial charge in [-0.3, -0.25) is 4.79 Å². The average molecular weight is 363 g/mol. The van der Waals surface area contributed by atoms with Crippen LogP contribution in [0.15, 0.2) is 60.8 Å². The van der Waals surface area contributed by atoms with Gasteiger partial charge in [-0.05, 0) is 45.4 Å². The summed E-state index contributed by atoms with van der Waals surface area (Å²) in [6, 6.07) is 0. The Hall–Kier alpha value is -1.91. The van der Waals surface area contributed by atoms with E-state index >= 15 is 0 Å². The average Bonchev–Trinajstić information content (AvgIpc) is 2.58. The second kappa shape index (κ2) is 17.9. The molecule has 0 aromatic rings. The van der Waals surface area contributed by atoms with Crippen molar-refractivity contribution in [3.8, 4) is 0 Å². The second-order valence-corrected chi connectivity index (χ2v) is 6.19. The Kier molecular flexibility index (Phi) is 16.6. The number of allylic oxidation sites excluding steroid dienone is 7. The van der Waals surface area contributed by atoms with Crippen molar-refractivity contribution in [2.45, 2.75) is 70.5 Å². The fraction of sp³-hybridized carbons (Fsp3) is 0.500. The van der Waals surface area contributed by atoms with Crippen LogP contribution in [0.4, 0.5) is 0 Å². The van der Waals surface area contributed by atoms with Crippen molar-refractivity contribution in [1.29, 1.82) is 0 Å². The van der Waals surface area contributed by atoms with Gasteiger partial charge in [0.15, 0.2) is 0 Å². The minimum Gasteiger partial charge on any atom is -0.481 e. The van der Waals surface area contributed by atoms with Crippen LogP contribution in [-0.2, 0) is 4.79 Å². The summed E-state index contributed by atoms with van der Waals surface area (Å²) in [6.07, 6.45) is 24.6. The van der Waals surface area contributed by atoms with Gasteiger partial charge in [0.25, 0.3) is 0 Å². The lowest BCUT2D eigenvalue weighted by Crippen LogP contribution is -1.98. The van der Waals surface area contributed by atoms with Gasteiger partial charge in [-0.1, -0.05) is 67.2 Å². The maximum absolute atomic E-state index is 10.4. The molecular weight excluding hydrogens is 328 g/mol. The number of hydrogen-bond acceptors (Lipinski definition) is 3. The number of aliphatic hydroxyl groups excluding tert-OH is 2. The van der Waals surface area contributed by atoms with E-state index in [1.807, 2.05) is 36.5 Å². The molecule has 0 saturated carbocycles. The minimum absolute atomic E-state index is 0.264. The number of unbranched alkanes of at least 4 members (excludes halogenated alkanes) is 3. The Morgan fingerprint density at radius 2 is 1.58 bits per heavy atom. The maximum Gasteiger partial charge on any atom is 0.303 e. The molecule has 4 nitrogen and oxygen atoms in total. The second-order valence-electron chi connectivity index (χ2n) is 6.19. The van der Waals surface area contributed by atoms with E-state index < -0.39 is 18.2 Å². The molecule has 0 aromatic heterocycles. The van der Waals surface area contributed by atoms with E-state index in [2.05, 4.69) is 12.2 Å². The van der Waals surface area contributed by atoms with E-state index in [0.717, 1.165) is 38.5 Å². The molecule has 2 atom stereocenters. The number of aliphatic hydroxyl groups is 2. The highest BCUT2D eigenvalue weighted by atomic mass is 16.4. The fourth-order valence-electron chi connectivity index (χ4n) is 2.12. The topological polar surface area (TPSA) is 77.8 Å². The van der Waals surface area contributed by atoms with Gasteiger partial charge in [0.05, 0.1) is 12.2 Å². The molecule has 0 spiro atoms. The van der Waals surface area contributed by atoms with Gasteiger partial charge >= 0.3 is 5.97 Å². The molecule has 0 radical (unpaired) electrons. The summed E-state index contributed by atoms with van der Waals surface area (Å²) in [7, 11) is 0. The van der Waals surface area contributed by atoms with Crippen molar-refractivity contribution >= 4 is 5.97 Å². The number of carbonyl (C=O) groups is 1. The summed E-state index contributed by atoms with van der Waals surface area (Å²) in [5.74, 6) is -0.718. The number of aliphatic carboxylic acids is 1. The van der Waals surface area contributed by atoms with E-state index in [0.29, 0.717) is 6.42 Å². The zero-order valence-corrected chi connectivity index (χ0v) is 15.8. The normalized spacial score (nSPS) is 15.2. The molecule has 4 heteroatoms. The zero-order chi connectivity index (χ0) is 19.5.